The Kier molecular flexibility index (Phi) is 4.65. The minimum atomic E-state index is -0.361. The van der Waals surface area contributed by atoms with Gasteiger partial charge >= 0.3 is 5.63 Å². The van der Waals surface area contributed by atoms with E-state index in [-0.39, 0.29) is 5.63 Å². The number of hydrogen-bond acceptors (Lipinski definition) is 5. The third kappa shape index (κ3) is 3.31. The summed E-state index contributed by atoms with van der Waals surface area (Å²) >= 11 is 0. The fourth-order valence-corrected chi connectivity index (χ4v) is 2.81. The second-order valence-electron chi connectivity index (χ2n) is 5.78. The van der Waals surface area contributed by atoms with Gasteiger partial charge < -0.3 is 18.6 Å². The summed E-state index contributed by atoms with van der Waals surface area (Å²) in [6.45, 7) is 4.08. The molecule has 0 radical (unpaired) electrons. The lowest BCUT2D eigenvalue weighted by atomic mass is 10.1. The molecule has 5 nitrogen and oxygen atoms in total. The van der Waals surface area contributed by atoms with Crippen molar-refractivity contribution in [3.8, 4) is 17.2 Å². The Morgan fingerprint density at radius 1 is 0.960 bits per heavy atom. The number of hydrogen-bond donors (Lipinski definition) is 0. The largest absolute Gasteiger partial charge is 0.497 e. The standard InChI is InChI=1S/C20H20O5/c1-12-9-19(21)25-20-13(2)17(8-6-16(12)20)24-11-14-10-15(22-3)5-7-18(14)23-4/h5-10H,11H2,1-4H3. The van der Waals surface area contributed by atoms with Crippen molar-refractivity contribution in [3.05, 3.63) is 63.5 Å². The van der Waals surface area contributed by atoms with Crippen LogP contribution in [0.15, 0.2) is 45.6 Å². The number of rotatable bonds is 5. The van der Waals surface area contributed by atoms with Crippen LogP contribution >= 0.6 is 0 Å². The summed E-state index contributed by atoms with van der Waals surface area (Å²) < 4.78 is 21.9. The molecule has 0 aliphatic rings. The predicted molar refractivity (Wildman–Crippen MR) is 95.8 cm³/mol. The van der Waals surface area contributed by atoms with Crippen LogP contribution in [0.25, 0.3) is 11.0 Å². The van der Waals surface area contributed by atoms with E-state index in [9.17, 15) is 4.79 Å². The summed E-state index contributed by atoms with van der Waals surface area (Å²) in [6.07, 6.45) is 0. The van der Waals surface area contributed by atoms with Crippen molar-refractivity contribution < 1.29 is 18.6 Å². The van der Waals surface area contributed by atoms with E-state index in [1.165, 1.54) is 6.07 Å². The van der Waals surface area contributed by atoms with Crippen molar-refractivity contribution in [2.75, 3.05) is 14.2 Å². The Morgan fingerprint density at radius 2 is 1.72 bits per heavy atom. The van der Waals surface area contributed by atoms with Gasteiger partial charge in [0.05, 0.1) is 14.2 Å². The van der Waals surface area contributed by atoms with Crippen molar-refractivity contribution in [2.45, 2.75) is 20.5 Å². The van der Waals surface area contributed by atoms with Crippen LogP contribution in [0.1, 0.15) is 16.7 Å². The topological polar surface area (TPSA) is 57.9 Å². The molecule has 0 saturated carbocycles. The van der Waals surface area contributed by atoms with Crippen molar-refractivity contribution in [1.82, 2.24) is 0 Å². The summed E-state index contributed by atoms with van der Waals surface area (Å²) in [4.78, 5) is 11.7. The van der Waals surface area contributed by atoms with Crippen molar-refractivity contribution in [3.63, 3.8) is 0 Å². The lowest BCUT2D eigenvalue weighted by Gasteiger charge is -2.14. The molecule has 0 N–H and O–H groups in total. The highest BCUT2D eigenvalue weighted by atomic mass is 16.5. The van der Waals surface area contributed by atoms with E-state index in [1.807, 2.05) is 44.2 Å². The Hall–Kier alpha value is -2.95. The normalized spacial score (nSPS) is 10.7. The van der Waals surface area contributed by atoms with E-state index >= 15 is 0 Å². The van der Waals surface area contributed by atoms with Crippen LogP contribution in [0.3, 0.4) is 0 Å². The first kappa shape index (κ1) is 16.9. The van der Waals surface area contributed by atoms with Crippen LogP contribution in [0.5, 0.6) is 17.2 Å². The second kappa shape index (κ2) is 6.89. The van der Waals surface area contributed by atoms with Crippen molar-refractivity contribution in [1.29, 1.82) is 0 Å². The number of ether oxygens (including phenoxy) is 3. The first-order chi connectivity index (χ1) is 12.0. The highest BCUT2D eigenvalue weighted by molar-refractivity contribution is 5.84. The van der Waals surface area contributed by atoms with E-state index in [0.717, 1.165) is 33.6 Å². The molecule has 3 aromatic rings. The molecule has 2 aromatic carbocycles. The van der Waals surface area contributed by atoms with Gasteiger partial charge in [0.2, 0.25) is 0 Å². The summed E-state index contributed by atoms with van der Waals surface area (Å²) in [5.41, 5.74) is 2.74. The van der Waals surface area contributed by atoms with Crippen molar-refractivity contribution in [2.24, 2.45) is 0 Å². The zero-order valence-corrected chi connectivity index (χ0v) is 14.7. The van der Waals surface area contributed by atoms with Crippen LogP contribution < -0.4 is 19.8 Å². The van der Waals surface area contributed by atoms with Crippen LogP contribution in [0.4, 0.5) is 0 Å². The van der Waals surface area contributed by atoms with Gasteiger partial charge in [0, 0.05) is 22.6 Å². The first-order valence-electron chi connectivity index (χ1n) is 7.91. The molecule has 0 aliphatic carbocycles. The van der Waals surface area contributed by atoms with E-state index in [4.69, 9.17) is 18.6 Å². The lowest BCUT2D eigenvalue weighted by molar-refractivity contribution is 0.293. The molecule has 0 bridgehead atoms. The Balaban J connectivity index is 1.94. The van der Waals surface area contributed by atoms with Crippen LogP contribution in [0.2, 0.25) is 0 Å². The minimum absolute atomic E-state index is 0.308. The Bertz CT molecular complexity index is 972. The first-order valence-corrected chi connectivity index (χ1v) is 7.91. The molecule has 0 atom stereocenters. The van der Waals surface area contributed by atoms with Gasteiger partial charge in [0.25, 0.3) is 0 Å². The van der Waals surface area contributed by atoms with E-state index in [2.05, 4.69) is 0 Å². The highest BCUT2D eigenvalue weighted by Gasteiger charge is 2.12. The Morgan fingerprint density at radius 3 is 2.44 bits per heavy atom. The molecule has 3 rings (SSSR count). The summed E-state index contributed by atoms with van der Waals surface area (Å²) in [7, 11) is 3.23. The molecular weight excluding hydrogens is 320 g/mol. The van der Waals surface area contributed by atoms with Crippen LogP contribution in [0, 0.1) is 13.8 Å². The maximum Gasteiger partial charge on any atom is 0.336 e. The molecule has 0 spiro atoms. The number of methoxy groups -OCH3 is 2. The molecule has 1 heterocycles. The van der Waals surface area contributed by atoms with Crippen LogP contribution in [-0.2, 0) is 6.61 Å². The van der Waals surface area contributed by atoms with Gasteiger partial charge in [-0.05, 0) is 49.7 Å². The maximum absolute atomic E-state index is 11.7. The predicted octanol–water partition coefficient (Wildman–Crippen LogP) is 4.01. The van der Waals surface area contributed by atoms with Gasteiger partial charge in [0.1, 0.15) is 29.4 Å². The molecule has 0 saturated heterocycles. The minimum Gasteiger partial charge on any atom is -0.497 e. The van der Waals surface area contributed by atoms with Gasteiger partial charge in [-0.15, -0.1) is 0 Å². The third-order valence-corrected chi connectivity index (χ3v) is 4.19. The highest BCUT2D eigenvalue weighted by Crippen LogP contribution is 2.30. The van der Waals surface area contributed by atoms with Crippen molar-refractivity contribution >= 4 is 11.0 Å². The molecule has 0 fully saturated rings. The zero-order chi connectivity index (χ0) is 18.0. The molecular formula is C20H20O5. The molecule has 25 heavy (non-hydrogen) atoms. The Labute approximate surface area is 145 Å². The van der Waals surface area contributed by atoms with E-state index in [0.29, 0.717) is 17.9 Å². The number of fused-ring (bicyclic) bond motifs is 1. The van der Waals surface area contributed by atoms with Gasteiger partial charge in [-0.1, -0.05) is 0 Å². The van der Waals surface area contributed by atoms with Gasteiger partial charge in [-0.25, -0.2) is 4.79 Å². The molecule has 0 unspecified atom stereocenters. The van der Waals surface area contributed by atoms with Crippen LogP contribution in [-0.4, -0.2) is 14.2 Å². The average molecular weight is 340 g/mol. The average Bonchev–Trinajstić information content (AvgIpc) is 2.61. The summed E-state index contributed by atoms with van der Waals surface area (Å²) in [6, 6.07) is 10.8. The van der Waals surface area contributed by atoms with Gasteiger partial charge in [-0.3, -0.25) is 0 Å². The third-order valence-electron chi connectivity index (χ3n) is 4.19. The monoisotopic (exact) mass is 340 g/mol. The lowest BCUT2D eigenvalue weighted by Crippen LogP contribution is -2.02. The molecule has 130 valence electrons. The van der Waals surface area contributed by atoms with Gasteiger partial charge in [-0.2, -0.15) is 0 Å². The second-order valence-corrected chi connectivity index (χ2v) is 5.78. The van der Waals surface area contributed by atoms with E-state index < -0.39 is 0 Å². The summed E-state index contributed by atoms with van der Waals surface area (Å²) in [5.74, 6) is 2.11. The summed E-state index contributed by atoms with van der Waals surface area (Å²) in [5, 5.41) is 0.906. The molecule has 0 aliphatic heterocycles. The van der Waals surface area contributed by atoms with E-state index in [1.54, 1.807) is 14.2 Å². The SMILES string of the molecule is COc1ccc(OC)c(COc2ccc3c(C)cc(=O)oc3c2C)c1. The molecule has 1 aromatic heterocycles. The maximum atomic E-state index is 11.7. The quantitative estimate of drug-likeness (QED) is 0.657. The number of aryl methyl sites for hydroxylation is 2. The number of benzene rings is 2. The smallest absolute Gasteiger partial charge is 0.336 e. The van der Waals surface area contributed by atoms with Gasteiger partial charge in [0.15, 0.2) is 0 Å². The molecule has 5 heteroatoms. The zero-order valence-electron chi connectivity index (χ0n) is 14.7. The fourth-order valence-electron chi connectivity index (χ4n) is 2.81. The fraction of sp³-hybridized carbons (Fsp3) is 0.250. The molecule has 0 amide bonds.